The number of hydrogen-bond donors (Lipinski definition) is 0. The molecule has 0 radical (unpaired) electrons. The first kappa shape index (κ1) is 15.6. The predicted octanol–water partition coefficient (Wildman–Crippen LogP) is 5.30. The second-order valence-electron chi connectivity index (χ2n) is 6.69. The molecule has 1 amide bonds. The molecule has 4 aromatic rings. The van der Waals surface area contributed by atoms with Gasteiger partial charge < -0.3 is 9.47 Å². The minimum atomic E-state index is 0.0227. The largest absolute Gasteiger partial charge is 0.317 e. The molecule has 0 fully saturated rings. The molecule has 0 bridgehead atoms. The lowest BCUT2D eigenvalue weighted by Gasteiger charge is -2.31. The molecule has 2 heterocycles. The third-order valence-electron chi connectivity index (χ3n) is 5.07. The Morgan fingerprint density at radius 2 is 1.33 bits per heavy atom. The Kier molecular flexibility index (Phi) is 3.65. The van der Waals surface area contributed by atoms with Crippen LogP contribution in [0.2, 0.25) is 0 Å². The van der Waals surface area contributed by atoms with Crippen molar-refractivity contribution in [1.29, 1.82) is 0 Å². The van der Waals surface area contributed by atoms with Crippen LogP contribution >= 0.6 is 0 Å². The number of fused-ring (bicyclic) bond motifs is 3. The normalized spacial score (nSPS) is 12.4. The van der Waals surface area contributed by atoms with Gasteiger partial charge in [-0.3, -0.25) is 4.79 Å². The summed E-state index contributed by atoms with van der Waals surface area (Å²) in [5.41, 5.74) is 6.06. The van der Waals surface area contributed by atoms with E-state index in [1.165, 1.54) is 0 Å². The van der Waals surface area contributed by atoms with E-state index in [0.29, 0.717) is 12.1 Å². The average molecular weight is 350 g/mol. The maximum atomic E-state index is 13.3. The molecule has 3 nitrogen and oxygen atoms in total. The number of aromatic nitrogens is 1. The number of carbonyl (C=O) groups excluding carboxylic acids is 1. The fourth-order valence-corrected chi connectivity index (χ4v) is 3.70. The molecule has 3 aromatic carbocycles. The van der Waals surface area contributed by atoms with E-state index >= 15 is 0 Å². The Balaban J connectivity index is 1.50. The number of para-hydroxylation sites is 2. The zero-order valence-corrected chi connectivity index (χ0v) is 14.7. The highest BCUT2D eigenvalue weighted by Crippen LogP contribution is 2.33. The van der Waals surface area contributed by atoms with Crippen molar-refractivity contribution < 1.29 is 4.79 Å². The van der Waals surface area contributed by atoms with Crippen molar-refractivity contribution in [2.45, 2.75) is 6.54 Å². The number of anilines is 1. The molecule has 3 heteroatoms. The summed E-state index contributed by atoms with van der Waals surface area (Å²) < 4.78 is 2.15. The maximum Gasteiger partial charge on any atom is 0.258 e. The van der Waals surface area contributed by atoms with Crippen molar-refractivity contribution in [3.8, 4) is 16.8 Å². The van der Waals surface area contributed by atoms with Gasteiger partial charge in [0.15, 0.2) is 0 Å². The second-order valence-corrected chi connectivity index (χ2v) is 6.69. The van der Waals surface area contributed by atoms with Crippen LogP contribution in [0, 0.1) is 0 Å². The lowest BCUT2D eigenvalue weighted by atomic mass is 10.0. The van der Waals surface area contributed by atoms with Gasteiger partial charge in [0.05, 0.1) is 17.9 Å². The van der Waals surface area contributed by atoms with Gasteiger partial charge in [-0.15, -0.1) is 0 Å². The van der Waals surface area contributed by atoms with E-state index in [4.69, 9.17) is 0 Å². The molecule has 1 aliphatic heterocycles. The van der Waals surface area contributed by atoms with Crippen LogP contribution in [-0.4, -0.2) is 10.5 Å². The molecule has 5 rings (SSSR count). The summed E-state index contributed by atoms with van der Waals surface area (Å²) in [4.78, 5) is 15.1. The van der Waals surface area contributed by atoms with E-state index in [0.717, 1.165) is 28.2 Å². The highest BCUT2D eigenvalue weighted by molar-refractivity contribution is 6.07. The quantitative estimate of drug-likeness (QED) is 0.481. The lowest BCUT2D eigenvalue weighted by molar-refractivity contribution is 0.0984. The van der Waals surface area contributed by atoms with Gasteiger partial charge in [0.1, 0.15) is 0 Å². The highest BCUT2D eigenvalue weighted by Gasteiger charge is 2.26. The Bertz CT molecular complexity index is 1110. The molecule has 0 spiro atoms. The number of amides is 1. The van der Waals surface area contributed by atoms with E-state index in [9.17, 15) is 4.79 Å². The summed E-state index contributed by atoms with van der Waals surface area (Å²) in [6.45, 7) is 0.573. The summed E-state index contributed by atoms with van der Waals surface area (Å²) in [6.07, 6.45) is 2.05. The predicted molar refractivity (Wildman–Crippen MR) is 108 cm³/mol. The van der Waals surface area contributed by atoms with Crippen molar-refractivity contribution in [3.05, 3.63) is 108 Å². The van der Waals surface area contributed by atoms with Crippen molar-refractivity contribution >= 4 is 11.6 Å². The van der Waals surface area contributed by atoms with Gasteiger partial charge in [-0.1, -0.05) is 54.6 Å². The molecular weight excluding hydrogens is 332 g/mol. The summed E-state index contributed by atoms with van der Waals surface area (Å²) in [5.74, 6) is 0.0227. The Morgan fingerprint density at radius 1 is 0.667 bits per heavy atom. The maximum absolute atomic E-state index is 13.3. The zero-order valence-electron chi connectivity index (χ0n) is 14.7. The van der Waals surface area contributed by atoms with Crippen molar-refractivity contribution in [3.63, 3.8) is 0 Å². The Morgan fingerprint density at radius 3 is 2.11 bits per heavy atom. The summed E-state index contributed by atoms with van der Waals surface area (Å²) in [5, 5.41) is 0. The molecule has 1 aromatic heterocycles. The van der Waals surface area contributed by atoms with Crippen LogP contribution in [-0.2, 0) is 6.54 Å². The molecule has 27 heavy (non-hydrogen) atoms. The van der Waals surface area contributed by atoms with E-state index < -0.39 is 0 Å². The van der Waals surface area contributed by atoms with E-state index in [1.54, 1.807) is 0 Å². The van der Waals surface area contributed by atoms with E-state index in [1.807, 2.05) is 77.8 Å². The standard InChI is InChI=1S/C24H18N2O/c27-24(20-14-12-19(13-15-20)18-7-2-1-3-8-18)26-17-21-9-6-16-25(21)22-10-4-5-11-23(22)26/h1-16H,17H2. The van der Waals surface area contributed by atoms with Crippen LogP contribution in [0.3, 0.4) is 0 Å². The molecule has 1 aliphatic rings. The first-order valence-electron chi connectivity index (χ1n) is 9.04. The first-order valence-corrected chi connectivity index (χ1v) is 9.04. The summed E-state index contributed by atoms with van der Waals surface area (Å²) in [6, 6.07) is 30.2. The van der Waals surface area contributed by atoms with Crippen LogP contribution in [0.1, 0.15) is 16.1 Å². The van der Waals surface area contributed by atoms with Crippen LogP contribution in [0.5, 0.6) is 0 Å². The van der Waals surface area contributed by atoms with Gasteiger partial charge in [0, 0.05) is 17.5 Å². The fraction of sp³-hybridized carbons (Fsp3) is 0.0417. The van der Waals surface area contributed by atoms with Gasteiger partial charge >= 0.3 is 0 Å². The topological polar surface area (TPSA) is 25.2 Å². The minimum absolute atomic E-state index is 0.0227. The second kappa shape index (κ2) is 6.29. The van der Waals surface area contributed by atoms with Gasteiger partial charge in [-0.05, 0) is 47.5 Å². The van der Waals surface area contributed by atoms with Gasteiger partial charge in [-0.25, -0.2) is 0 Å². The van der Waals surface area contributed by atoms with Crippen LogP contribution in [0.15, 0.2) is 97.2 Å². The fourth-order valence-electron chi connectivity index (χ4n) is 3.70. The van der Waals surface area contributed by atoms with Crippen LogP contribution < -0.4 is 4.90 Å². The monoisotopic (exact) mass is 350 g/mol. The lowest BCUT2D eigenvalue weighted by Crippen LogP contribution is -2.34. The number of hydrogen-bond acceptors (Lipinski definition) is 1. The average Bonchev–Trinajstić information content (AvgIpc) is 3.22. The number of rotatable bonds is 2. The first-order chi connectivity index (χ1) is 13.3. The number of nitrogens with zero attached hydrogens (tertiary/aromatic N) is 2. The molecule has 0 unspecified atom stereocenters. The third-order valence-corrected chi connectivity index (χ3v) is 5.07. The van der Waals surface area contributed by atoms with E-state index in [-0.39, 0.29) is 5.91 Å². The molecule has 130 valence electrons. The summed E-state index contributed by atoms with van der Waals surface area (Å²) >= 11 is 0. The molecule has 0 saturated carbocycles. The Hall–Kier alpha value is -3.59. The van der Waals surface area contributed by atoms with E-state index in [2.05, 4.69) is 28.8 Å². The number of benzene rings is 3. The van der Waals surface area contributed by atoms with Crippen LogP contribution in [0.4, 0.5) is 5.69 Å². The van der Waals surface area contributed by atoms with Crippen molar-refractivity contribution in [2.75, 3.05) is 4.90 Å². The molecule has 0 aliphatic carbocycles. The van der Waals surface area contributed by atoms with Gasteiger partial charge in [0.2, 0.25) is 0 Å². The van der Waals surface area contributed by atoms with Gasteiger partial charge in [0.25, 0.3) is 5.91 Å². The van der Waals surface area contributed by atoms with Crippen LogP contribution in [0.25, 0.3) is 16.8 Å². The van der Waals surface area contributed by atoms with Crippen molar-refractivity contribution in [2.24, 2.45) is 0 Å². The molecule has 0 atom stereocenters. The minimum Gasteiger partial charge on any atom is -0.317 e. The molecular formula is C24H18N2O. The highest BCUT2D eigenvalue weighted by atomic mass is 16.2. The summed E-state index contributed by atoms with van der Waals surface area (Å²) in [7, 11) is 0. The molecule has 0 saturated heterocycles. The third kappa shape index (κ3) is 2.64. The molecule has 0 N–H and O–H groups in total. The Labute approximate surface area is 158 Å². The zero-order chi connectivity index (χ0) is 18.2. The van der Waals surface area contributed by atoms with Crippen molar-refractivity contribution in [1.82, 2.24) is 4.57 Å². The SMILES string of the molecule is O=C(c1ccc(-c2ccccc2)cc1)N1Cc2cccn2-c2ccccc21. The number of carbonyl (C=O) groups is 1. The van der Waals surface area contributed by atoms with Gasteiger partial charge in [-0.2, -0.15) is 0 Å². The smallest absolute Gasteiger partial charge is 0.258 e.